The Hall–Kier alpha value is -2.40. The number of benzene rings is 1. The van der Waals surface area contributed by atoms with Gasteiger partial charge in [-0.1, -0.05) is 32.0 Å². The summed E-state index contributed by atoms with van der Waals surface area (Å²) >= 11 is 0. The monoisotopic (exact) mass is 327 g/mol. The zero-order valence-electron chi connectivity index (χ0n) is 14.6. The van der Waals surface area contributed by atoms with E-state index in [0.29, 0.717) is 19.1 Å². The maximum atomic E-state index is 12.4. The van der Waals surface area contributed by atoms with Crippen molar-refractivity contribution < 1.29 is 9.53 Å². The summed E-state index contributed by atoms with van der Waals surface area (Å²) in [5.41, 5.74) is 1.88. The molecule has 2 aromatic rings. The third-order valence-corrected chi connectivity index (χ3v) is 3.50. The molecule has 0 bridgehead atoms. The molecule has 0 radical (unpaired) electrons. The molecule has 0 fully saturated rings. The van der Waals surface area contributed by atoms with Crippen molar-refractivity contribution in [3.63, 3.8) is 0 Å². The quantitative estimate of drug-likeness (QED) is 0.700. The highest BCUT2D eigenvalue weighted by molar-refractivity contribution is 5.91. The van der Waals surface area contributed by atoms with Crippen LogP contribution in [0.5, 0.6) is 0 Å². The summed E-state index contributed by atoms with van der Waals surface area (Å²) < 4.78 is 6.88. The highest BCUT2D eigenvalue weighted by Gasteiger charge is 2.12. The minimum atomic E-state index is -0.00629. The second-order valence-electron chi connectivity index (χ2n) is 6.06. The zero-order chi connectivity index (χ0) is 17.4. The fourth-order valence-electron chi connectivity index (χ4n) is 2.35. The molecule has 1 heterocycles. The second kappa shape index (κ2) is 9.03. The van der Waals surface area contributed by atoms with Gasteiger partial charge in [0.1, 0.15) is 0 Å². The zero-order valence-corrected chi connectivity index (χ0v) is 14.6. The largest absolute Gasteiger partial charge is 0.383 e. The molecule has 128 valence electrons. The van der Waals surface area contributed by atoms with Gasteiger partial charge in [0, 0.05) is 38.0 Å². The number of aromatic nitrogens is 2. The molecular weight excluding hydrogens is 302 g/mol. The van der Waals surface area contributed by atoms with Gasteiger partial charge in [-0.05, 0) is 24.1 Å². The summed E-state index contributed by atoms with van der Waals surface area (Å²) in [6.45, 7) is 6.05. The highest BCUT2D eigenvalue weighted by atomic mass is 16.5. The van der Waals surface area contributed by atoms with Crippen molar-refractivity contribution in [3.05, 3.63) is 54.4 Å². The number of ether oxygens (including phenoxy) is 1. The maximum Gasteiger partial charge on any atom is 0.246 e. The van der Waals surface area contributed by atoms with Gasteiger partial charge in [0.25, 0.3) is 0 Å². The summed E-state index contributed by atoms with van der Waals surface area (Å²) in [6.07, 6.45) is 7.05. The summed E-state index contributed by atoms with van der Waals surface area (Å²) in [5, 5.41) is 4.33. The Morgan fingerprint density at radius 3 is 2.75 bits per heavy atom. The van der Waals surface area contributed by atoms with Crippen LogP contribution in [-0.4, -0.2) is 47.4 Å². The second-order valence-corrected chi connectivity index (χ2v) is 6.06. The maximum absolute atomic E-state index is 12.4. The summed E-state index contributed by atoms with van der Waals surface area (Å²) in [4.78, 5) is 14.2. The van der Waals surface area contributed by atoms with E-state index >= 15 is 0 Å². The summed E-state index contributed by atoms with van der Waals surface area (Å²) in [6, 6.07) is 9.88. The molecule has 1 aromatic heterocycles. The fraction of sp³-hybridized carbons (Fsp3) is 0.368. The first-order valence-corrected chi connectivity index (χ1v) is 8.16. The fourth-order valence-corrected chi connectivity index (χ4v) is 2.35. The molecule has 0 spiro atoms. The van der Waals surface area contributed by atoms with Crippen LogP contribution in [0.1, 0.15) is 19.4 Å². The van der Waals surface area contributed by atoms with E-state index in [1.807, 2.05) is 41.4 Å². The molecule has 0 unspecified atom stereocenters. The first-order chi connectivity index (χ1) is 11.6. The number of hydrogen-bond donors (Lipinski definition) is 0. The molecule has 0 aliphatic heterocycles. The predicted molar refractivity (Wildman–Crippen MR) is 95.9 cm³/mol. The van der Waals surface area contributed by atoms with Crippen LogP contribution in [0.2, 0.25) is 0 Å². The number of rotatable bonds is 8. The van der Waals surface area contributed by atoms with Crippen LogP contribution < -0.4 is 0 Å². The third kappa shape index (κ3) is 5.35. The van der Waals surface area contributed by atoms with Gasteiger partial charge in [0.05, 0.1) is 18.5 Å². The molecule has 0 aliphatic carbocycles. The molecular formula is C19H25N3O2. The van der Waals surface area contributed by atoms with E-state index in [4.69, 9.17) is 4.74 Å². The topological polar surface area (TPSA) is 47.4 Å². The predicted octanol–water partition coefficient (Wildman–Crippen LogP) is 3.02. The van der Waals surface area contributed by atoms with Crippen LogP contribution >= 0.6 is 0 Å². The Bertz CT molecular complexity index is 662. The van der Waals surface area contributed by atoms with Crippen molar-refractivity contribution in [2.24, 2.45) is 5.92 Å². The normalized spacial score (nSPS) is 11.3. The van der Waals surface area contributed by atoms with Crippen molar-refractivity contribution in [1.82, 2.24) is 14.7 Å². The first kappa shape index (κ1) is 17.9. The number of nitrogens with zero attached hydrogens (tertiary/aromatic N) is 3. The van der Waals surface area contributed by atoms with Crippen molar-refractivity contribution in [1.29, 1.82) is 0 Å². The van der Waals surface area contributed by atoms with Crippen molar-refractivity contribution >= 4 is 12.0 Å². The van der Waals surface area contributed by atoms with E-state index in [0.717, 1.165) is 17.8 Å². The van der Waals surface area contributed by atoms with Gasteiger partial charge in [-0.3, -0.25) is 4.79 Å². The van der Waals surface area contributed by atoms with Crippen molar-refractivity contribution in [2.45, 2.75) is 13.8 Å². The number of methoxy groups -OCH3 is 1. The van der Waals surface area contributed by atoms with Gasteiger partial charge in [-0.2, -0.15) is 5.10 Å². The lowest BCUT2D eigenvalue weighted by molar-refractivity contribution is -0.127. The highest BCUT2D eigenvalue weighted by Crippen LogP contribution is 2.09. The molecule has 1 amide bonds. The van der Waals surface area contributed by atoms with E-state index in [1.54, 1.807) is 30.1 Å². The first-order valence-electron chi connectivity index (χ1n) is 8.16. The molecule has 1 aromatic carbocycles. The molecule has 5 heteroatoms. The molecule has 2 rings (SSSR count). The van der Waals surface area contributed by atoms with Crippen LogP contribution in [0.3, 0.4) is 0 Å². The lowest BCUT2D eigenvalue weighted by Gasteiger charge is -2.22. The Kier molecular flexibility index (Phi) is 6.75. The standard InChI is InChI=1S/C19H25N3O2/c1-16(2)14-21(11-12-24-3)19(23)10-9-17-13-20-22(15-17)18-7-5-4-6-8-18/h4-10,13,15-16H,11-12,14H2,1-3H3/b10-9+. The van der Waals surface area contributed by atoms with E-state index in [-0.39, 0.29) is 5.91 Å². The van der Waals surface area contributed by atoms with E-state index < -0.39 is 0 Å². The molecule has 0 saturated carbocycles. The van der Waals surface area contributed by atoms with Gasteiger partial charge in [0.2, 0.25) is 5.91 Å². The lowest BCUT2D eigenvalue weighted by atomic mass is 10.2. The van der Waals surface area contributed by atoms with E-state index in [9.17, 15) is 4.79 Å². The van der Waals surface area contributed by atoms with Gasteiger partial charge < -0.3 is 9.64 Å². The Morgan fingerprint density at radius 2 is 2.08 bits per heavy atom. The molecule has 0 aliphatic rings. The van der Waals surface area contributed by atoms with Crippen LogP contribution in [0.25, 0.3) is 11.8 Å². The average Bonchev–Trinajstić information content (AvgIpc) is 3.06. The van der Waals surface area contributed by atoms with Crippen LogP contribution in [-0.2, 0) is 9.53 Å². The van der Waals surface area contributed by atoms with Gasteiger partial charge in [-0.25, -0.2) is 4.68 Å². The number of carbonyl (C=O) groups excluding carboxylic acids is 1. The van der Waals surface area contributed by atoms with Crippen molar-refractivity contribution in [2.75, 3.05) is 26.8 Å². The Morgan fingerprint density at radius 1 is 1.33 bits per heavy atom. The number of carbonyl (C=O) groups is 1. The lowest BCUT2D eigenvalue weighted by Crippen LogP contribution is -2.35. The van der Waals surface area contributed by atoms with Crippen molar-refractivity contribution in [3.8, 4) is 5.69 Å². The SMILES string of the molecule is COCCN(CC(C)C)C(=O)/C=C/c1cnn(-c2ccccc2)c1. The molecule has 24 heavy (non-hydrogen) atoms. The number of hydrogen-bond acceptors (Lipinski definition) is 3. The third-order valence-electron chi connectivity index (χ3n) is 3.50. The minimum absolute atomic E-state index is 0.00629. The average molecular weight is 327 g/mol. The van der Waals surface area contributed by atoms with Crippen LogP contribution in [0, 0.1) is 5.92 Å². The van der Waals surface area contributed by atoms with E-state index in [2.05, 4.69) is 18.9 Å². The van der Waals surface area contributed by atoms with Crippen LogP contribution in [0.4, 0.5) is 0 Å². The van der Waals surface area contributed by atoms with Gasteiger partial charge in [0.15, 0.2) is 0 Å². The Labute approximate surface area is 143 Å². The smallest absolute Gasteiger partial charge is 0.246 e. The summed E-state index contributed by atoms with van der Waals surface area (Å²) in [5.74, 6) is 0.410. The summed E-state index contributed by atoms with van der Waals surface area (Å²) in [7, 11) is 1.64. The minimum Gasteiger partial charge on any atom is -0.383 e. The molecule has 0 saturated heterocycles. The van der Waals surface area contributed by atoms with Gasteiger partial charge >= 0.3 is 0 Å². The molecule has 0 N–H and O–H groups in total. The molecule has 5 nitrogen and oxygen atoms in total. The molecule has 0 atom stereocenters. The Balaban J connectivity index is 2.03. The van der Waals surface area contributed by atoms with Gasteiger partial charge in [-0.15, -0.1) is 0 Å². The number of para-hydroxylation sites is 1. The number of amides is 1. The van der Waals surface area contributed by atoms with Crippen LogP contribution in [0.15, 0.2) is 48.8 Å². The van der Waals surface area contributed by atoms with E-state index in [1.165, 1.54) is 0 Å².